The zero-order valence-electron chi connectivity index (χ0n) is 9.21. The van der Waals surface area contributed by atoms with Crippen molar-refractivity contribution in [1.82, 2.24) is 0 Å². The van der Waals surface area contributed by atoms with E-state index < -0.39 is 53.1 Å². The second kappa shape index (κ2) is 4.82. The summed E-state index contributed by atoms with van der Waals surface area (Å²) < 4.78 is 62.0. The van der Waals surface area contributed by atoms with E-state index in [0.717, 1.165) is 0 Å². The third kappa shape index (κ3) is 3.11. The number of hydrogen-bond acceptors (Lipinski definition) is 6. The van der Waals surface area contributed by atoms with Crippen LogP contribution in [0.15, 0.2) is 21.9 Å². The van der Waals surface area contributed by atoms with Gasteiger partial charge < -0.3 is 10.2 Å². The summed E-state index contributed by atoms with van der Waals surface area (Å²) in [7, 11) is -10.6. The van der Waals surface area contributed by atoms with Crippen molar-refractivity contribution in [3.05, 3.63) is 23.3 Å². The van der Waals surface area contributed by atoms with Crippen LogP contribution in [0.25, 0.3) is 0 Å². The van der Waals surface area contributed by atoms with Gasteiger partial charge in [-0.25, -0.2) is 9.59 Å². The van der Waals surface area contributed by atoms with E-state index in [1.54, 1.807) is 0 Å². The zero-order valence-corrected chi connectivity index (χ0v) is 10.8. The lowest BCUT2D eigenvalue weighted by molar-refractivity contribution is 0.0691. The molecule has 0 unspecified atom stereocenters. The SMILES string of the molecule is O=C(O)c1cc(C(=O)O)c(S(=O)(=O)O)c(S(=O)(=O)O)c1. The first-order valence-corrected chi connectivity index (χ1v) is 7.33. The fraction of sp³-hybridized carbons (Fsp3) is 0. The standard InChI is InChI=1S/C8H6O10S2/c9-7(10)3-1-4(8(11)12)6(20(16,17)18)5(2-3)19(13,14)15/h1-2H,(H,9,10)(H,11,12)(H,13,14,15)(H,16,17,18). The Morgan fingerprint density at radius 1 is 0.850 bits per heavy atom. The van der Waals surface area contributed by atoms with Crippen molar-refractivity contribution < 1.29 is 45.7 Å². The van der Waals surface area contributed by atoms with E-state index in [1.807, 2.05) is 0 Å². The smallest absolute Gasteiger partial charge is 0.337 e. The van der Waals surface area contributed by atoms with Crippen molar-refractivity contribution in [1.29, 1.82) is 0 Å². The Kier molecular flexibility index (Phi) is 3.87. The lowest BCUT2D eigenvalue weighted by Gasteiger charge is -2.09. The van der Waals surface area contributed by atoms with Crippen LogP contribution in [-0.4, -0.2) is 48.1 Å². The van der Waals surface area contributed by atoms with Crippen molar-refractivity contribution in [2.24, 2.45) is 0 Å². The molecule has 0 aliphatic heterocycles. The van der Waals surface area contributed by atoms with Crippen LogP contribution in [-0.2, 0) is 20.2 Å². The third-order valence-electron chi connectivity index (χ3n) is 2.07. The molecule has 0 aliphatic carbocycles. The highest BCUT2D eigenvalue weighted by Crippen LogP contribution is 2.27. The average molecular weight is 326 g/mol. The molecule has 0 bridgehead atoms. The van der Waals surface area contributed by atoms with Gasteiger partial charge in [0.15, 0.2) is 0 Å². The predicted molar refractivity (Wildman–Crippen MR) is 60.0 cm³/mol. The number of aromatic carboxylic acids is 2. The Morgan fingerprint density at radius 3 is 1.65 bits per heavy atom. The van der Waals surface area contributed by atoms with Gasteiger partial charge in [0.1, 0.15) is 9.79 Å². The molecule has 1 aromatic rings. The number of carboxylic acid groups (broad SMARTS) is 2. The predicted octanol–water partition coefficient (Wildman–Crippen LogP) is -0.424. The molecule has 0 spiro atoms. The van der Waals surface area contributed by atoms with E-state index in [-0.39, 0.29) is 6.07 Å². The second-order valence-corrected chi connectivity index (χ2v) is 6.16. The van der Waals surface area contributed by atoms with Crippen LogP contribution in [0.5, 0.6) is 0 Å². The summed E-state index contributed by atoms with van der Waals surface area (Å²) in [6, 6.07) is 0.551. The molecule has 0 radical (unpaired) electrons. The van der Waals surface area contributed by atoms with E-state index in [2.05, 4.69) is 0 Å². The van der Waals surface area contributed by atoms with Crippen molar-refractivity contribution >= 4 is 32.2 Å². The average Bonchev–Trinajstić information content (AvgIpc) is 2.24. The summed E-state index contributed by atoms with van der Waals surface area (Å²) in [5.74, 6) is -3.77. The third-order valence-corrected chi connectivity index (χ3v) is 4.03. The summed E-state index contributed by atoms with van der Waals surface area (Å²) in [6.45, 7) is 0. The Morgan fingerprint density at radius 2 is 1.35 bits per heavy atom. The van der Waals surface area contributed by atoms with Gasteiger partial charge in [-0.05, 0) is 12.1 Å². The minimum Gasteiger partial charge on any atom is -0.478 e. The first kappa shape index (κ1) is 16.0. The quantitative estimate of drug-likeness (QED) is 0.529. The maximum absolute atomic E-state index is 11.1. The summed E-state index contributed by atoms with van der Waals surface area (Å²) in [6.07, 6.45) is 0. The van der Waals surface area contributed by atoms with Crippen molar-refractivity contribution in [3.8, 4) is 0 Å². The van der Waals surface area contributed by atoms with Crippen LogP contribution in [0.4, 0.5) is 0 Å². The summed E-state index contributed by atoms with van der Waals surface area (Å²) in [5, 5.41) is 17.5. The summed E-state index contributed by atoms with van der Waals surface area (Å²) >= 11 is 0. The van der Waals surface area contributed by atoms with Crippen LogP contribution in [0, 0.1) is 0 Å². The molecule has 0 heterocycles. The van der Waals surface area contributed by atoms with Gasteiger partial charge in [0, 0.05) is 0 Å². The number of carboxylic acids is 2. The number of benzene rings is 1. The summed E-state index contributed by atoms with van der Waals surface area (Å²) in [4.78, 5) is 18.5. The Labute approximate surface area is 111 Å². The van der Waals surface area contributed by atoms with Crippen LogP contribution < -0.4 is 0 Å². The minimum atomic E-state index is -5.35. The van der Waals surface area contributed by atoms with Crippen molar-refractivity contribution in [2.45, 2.75) is 9.79 Å². The molecule has 20 heavy (non-hydrogen) atoms. The van der Waals surface area contributed by atoms with Gasteiger partial charge >= 0.3 is 11.9 Å². The van der Waals surface area contributed by atoms with Gasteiger partial charge in [0.05, 0.1) is 11.1 Å². The van der Waals surface area contributed by atoms with Gasteiger partial charge in [-0.3, -0.25) is 9.11 Å². The van der Waals surface area contributed by atoms with Crippen LogP contribution in [0.3, 0.4) is 0 Å². The molecule has 0 aromatic heterocycles. The fourth-order valence-electron chi connectivity index (χ4n) is 1.34. The number of hydrogen-bond donors (Lipinski definition) is 4. The van der Waals surface area contributed by atoms with Crippen LogP contribution >= 0.6 is 0 Å². The highest BCUT2D eigenvalue weighted by Gasteiger charge is 2.32. The van der Waals surface area contributed by atoms with Gasteiger partial charge in [0.2, 0.25) is 0 Å². The van der Waals surface area contributed by atoms with E-state index in [1.165, 1.54) is 0 Å². The molecule has 110 valence electrons. The highest BCUT2D eigenvalue weighted by molar-refractivity contribution is 7.89. The lowest BCUT2D eigenvalue weighted by atomic mass is 10.1. The molecule has 0 saturated carbocycles. The molecule has 0 fully saturated rings. The normalized spacial score (nSPS) is 12.1. The van der Waals surface area contributed by atoms with Crippen molar-refractivity contribution in [2.75, 3.05) is 0 Å². The second-order valence-electron chi connectivity index (χ2n) is 3.41. The van der Waals surface area contributed by atoms with Gasteiger partial charge in [-0.2, -0.15) is 16.8 Å². The summed E-state index contributed by atoms with van der Waals surface area (Å²) in [5.41, 5.74) is -2.21. The molecule has 10 nitrogen and oxygen atoms in total. The van der Waals surface area contributed by atoms with Crippen molar-refractivity contribution in [3.63, 3.8) is 0 Å². The zero-order chi connectivity index (χ0) is 15.9. The molecule has 1 aromatic carbocycles. The topological polar surface area (TPSA) is 183 Å². The molecule has 4 N–H and O–H groups in total. The first-order valence-electron chi connectivity index (χ1n) is 4.45. The number of rotatable bonds is 4. The van der Waals surface area contributed by atoms with E-state index >= 15 is 0 Å². The molecule has 0 amide bonds. The Balaban J connectivity index is 4.08. The largest absolute Gasteiger partial charge is 0.478 e. The molecule has 0 saturated heterocycles. The first-order chi connectivity index (χ1) is 8.85. The molecule has 1 rings (SSSR count). The molecular formula is C8H6O10S2. The Bertz CT molecular complexity index is 802. The monoisotopic (exact) mass is 326 g/mol. The maximum atomic E-state index is 11.1. The molecule has 0 aliphatic rings. The Hall–Kier alpha value is -2.02. The molecule has 0 atom stereocenters. The van der Waals surface area contributed by atoms with Gasteiger partial charge in [-0.1, -0.05) is 0 Å². The molecule has 12 heteroatoms. The fourth-order valence-corrected chi connectivity index (χ4v) is 3.33. The van der Waals surface area contributed by atoms with E-state index in [9.17, 15) is 26.4 Å². The maximum Gasteiger partial charge on any atom is 0.337 e. The van der Waals surface area contributed by atoms with Crippen LogP contribution in [0.2, 0.25) is 0 Å². The van der Waals surface area contributed by atoms with Gasteiger partial charge in [-0.15, -0.1) is 0 Å². The van der Waals surface area contributed by atoms with Gasteiger partial charge in [0.25, 0.3) is 20.2 Å². The lowest BCUT2D eigenvalue weighted by Crippen LogP contribution is -2.16. The highest BCUT2D eigenvalue weighted by atomic mass is 32.2. The molecular weight excluding hydrogens is 320 g/mol. The van der Waals surface area contributed by atoms with E-state index in [0.29, 0.717) is 6.07 Å². The van der Waals surface area contributed by atoms with E-state index in [4.69, 9.17) is 19.3 Å². The van der Waals surface area contributed by atoms with Crippen LogP contribution in [0.1, 0.15) is 20.7 Å². The number of carbonyl (C=O) groups is 2. The minimum absolute atomic E-state index is 0.215.